The van der Waals surface area contributed by atoms with E-state index in [1.165, 1.54) is 0 Å². The molecule has 0 saturated heterocycles. The number of nitrogen functional groups attached to an aromatic ring is 1. The number of nitrogens with zero attached hydrogens (tertiary/aromatic N) is 2. The molecule has 0 fully saturated rings. The van der Waals surface area contributed by atoms with E-state index in [0.29, 0.717) is 37.6 Å². The minimum atomic E-state index is -0.162. The standard InChI is InChI=1S/C13H24N4O2/c1-5-19-10(18)7-6-8-15-13-11(14)12(9(2)3)16-17(13)4/h9,15H,5-8,14H2,1-4H3. The maximum atomic E-state index is 11.2. The Balaban J connectivity index is 2.48. The van der Waals surface area contributed by atoms with Gasteiger partial charge in [-0.15, -0.1) is 0 Å². The second kappa shape index (κ2) is 7.01. The van der Waals surface area contributed by atoms with Gasteiger partial charge in [0.15, 0.2) is 0 Å². The van der Waals surface area contributed by atoms with E-state index in [-0.39, 0.29) is 5.97 Å². The number of esters is 1. The van der Waals surface area contributed by atoms with E-state index in [1.807, 2.05) is 7.05 Å². The smallest absolute Gasteiger partial charge is 0.305 e. The van der Waals surface area contributed by atoms with Gasteiger partial charge in [-0.2, -0.15) is 5.10 Å². The van der Waals surface area contributed by atoms with Gasteiger partial charge in [-0.1, -0.05) is 13.8 Å². The Kier molecular flexibility index (Phi) is 5.66. The van der Waals surface area contributed by atoms with Crippen LogP contribution in [-0.4, -0.2) is 28.9 Å². The number of aromatic nitrogens is 2. The van der Waals surface area contributed by atoms with Crippen molar-refractivity contribution in [3.05, 3.63) is 5.69 Å². The minimum Gasteiger partial charge on any atom is -0.466 e. The lowest BCUT2D eigenvalue weighted by molar-refractivity contribution is -0.143. The number of aryl methyl sites for hydroxylation is 1. The average molecular weight is 268 g/mol. The van der Waals surface area contributed by atoms with E-state index >= 15 is 0 Å². The van der Waals surface area contributed by atoms with Crippen molar-refractivity contribution in [2.75, 3.05) is 24.2 Å². The SMILES string of the molecule is CCOC(=O)CCCNc1c(N)c(C(C)C)nn1C. The van der Waals surface area contributed by atoms with E-state index in [9.17, 15) is 4.79 Å². The molecule has 1 rings (SSSR count). The van der Waals surface area contributed by atoms with Gasteiger partial charge in [0.1, 0.15) is 5.82 Å². The third-order valence-corrected chi connectivity index (χ3v) is 2.81. The first kappa shape index (κ1) is 15.3. The van der Waals surface area contributed by atoms with Gasteiger partial charge in [0.05, 0.1) is 18.0 Å². The Morgan fingerprint density at radius 1 is 1.53 bits per heavy atom. The van der Waals surface area contributed by atoms with E-state index in [2.05, 4.69) is 24.3 Å². The Labute approximate surface area is 114 Å². The number of carbonyl (C=O) groups excluding carboxylic acids is 1. The summed E-state index contributed by atoms with van der Waals surface area (Å²) in [7, 11) is 1.86. The molecular formula is C13H24N4O2. The summed E-state index contributed by atoms with van der Waals surface area (Å²) in [5.74, 6) is 0.944. The zero-order chi connectivity index (χ0) is 14.4. The van der Waals surface area contributed by atoms with Crippen LogP contribution < -0.4 is 11.1 Å². The van der Waals surface area contributed by atoms with Gasteiger partial charge in [-0.05, 0) is 19.3 Å². The molecule has 0 spiro atoms. The molecule has 0 amide bonds. The van der Waals surface area contributed by atoms with Gasteiger partial charge >= 0.3 is 5.97 Å². The largest absolute Gasteiger partial charge is 0.466 e. The number of rotatable bonds is 7. The molecule has 0 aromatic carbocycles. The highest BCUT2D eigenvalue weighted by Gasteiger charge is 2.15. The van der Waals surface area contributed by atoms with Crippen LogP contribution in [0.1, 0.15) is 45.2 Å². The highest BCUT2D eigenvalue weighted by Crippen LogP contribution is 2.27. The first-order chi connectivity index (χ1) is 8.97. The molecule has 1 heterocycles. The predicted molar refractivity (Wildman–Crippen MR) is 76.1 cm³/mol. The Hall–Kier alpha value is -1.72. The van der Waals surface area contributed by atoms with Crippen molar-refractivity contribution in [1.82, 2.24) is 9.78 Å². The van der Waals surface area contributed by atoms with Crippen LogP contribution in [0.5, 0.6) is 0 Å². The molecule has 0 aliphatic carbocycles. The lowest BCUT2D eigenvalue weighted by Crippen LogP contribution is -2.11. The Morgan fingerprint density at radius 3 is 2.74 bits per heavy atom. The predicted octanol–water partition coefficient (Wildman–Crippen LogP) is 1.88. The molecule has 1 aromatic heterocycles. The minimum absolute atomic E-state index is 0.162. The van der Waals surface area contributed by atoms with Crippen molar-refractivity contribution in [3.8, 4) is 0 Å². The Bertz CT molecular complexity index is 427. The van der Waals surface area contributed by atoms with Crippen molar-refractivity contribution in [2.24, 2.45) is 7.05 Å². The van der Waals surface area contributed by atoms with Crippen LogP contribution in [0.15, 0.2) is 0 Å². The summed E-state index contributed by atoms with van der Waals surface area (Å²) in [4.78, 5) is 11.2. The molecule has 0 saturated carbocycles. The molecule has 1 aromatic rings. The van der Waals surface area contributed by atoms with Crippen molar-refractivity contribution in [1.29, 1.82) is 0 Å². The summed E-state index contributed by atoms with van der Waals surface area (Å²) in [6, 6.07) is 0. The van der Waals surface area contributed by atoms with Gasteiger partial charge in [0.25, 0.3) is 0 Å². The van der Waals surface area contributed by atoms with Crippen molar-refractivity contribution in [2.45, 2.75) is 39.5 Å². The van der Waals surface area contributed by atoms with Crippen molar-refractivity contribution >= 4 is 17.5 Å². The Morgan fingerprint density at radius 2 is 2.21 bits per heavy atom. The van der Waals surface area contributed by atoms with E-state index in [0.717, 1.165) is 11.5 Å². The maximum absolute atomic E-state index is 11.2. The second-order valence-electron chi connectivity index (χ2n) is 4.76. The number of ether oxygens (including phenoxy) is 1. The molecule has 0 aliphatic rings. The van der Waals surface area contributed by atoms with E-state index < -0.39 is 0 Å². The van der Waals surface area contributed by atoms with Crippen LogP contribution in [0.3, 0.4) is 0 Å². The summed E-state index contributed by atoms with van der Waals surface area (Å²) in [5, 5.41) is 7.61. The molecule has 0 bridgehead atoms. The van der Waals surface area contributed by atoms with Crippen LogP contribution >= 0.6 is 0 Å². The van der Waals surface area contributed by atoms with Gasteiger partial charge in [-0.25, -0.2) is 0 Å². The molecule has 0 radical (unpaired) electrons. The zero-order valence-electron chi connectivity index (χ0n) is 12.2. The quantitative estimate of drug-likeness (QED) is 0.583. The lowest BCUT2D eigenvalue weighted by Gasteiger charge is -2.07. The highest BCUT2D eigenvalue weighted by molar-refractivity contribution is 5.69. The summed E-state index contributed by atoms with van der Waals surface area (Å²) < 4.78 is 6.61. The first-order valence-corrected chi connectivity index (χ1v) is 6.69. The molecule has 3 N–H and O–H groups in total. The number of anilines is 2. The second-order valence-corrected chi connectivity index (χ2v) is 4.76. The summed E-state index contributed by atoms with van der Waals surface area (Å²) in [6.07, 6.45) is 1.12. The topological polar surface area (TPSA) is 82.2 Å². The summed E-state index contributed by atoms with van der Waals surface area (Å²) >= 11 is 0. The fourth-order valence-corrected chi connectivity index (χ4v) is 1.87. The molecule has 0 unspecified atom stereocenters. The van der Waals surface area contributed by atoms with Crippen LogP contribution in [0.25, 0.3) is 0 Å². The van der Waals surface area contributed by atoms with Gasteiger partial charge in [0.2, 0.25) is 0 Å². The fourth-order valence-electron chi connectivity index (χ4n) is 1.87. The van der Waals surface area contributed by atoms with E-state index in [4.69, 9.17) is 10.5 Å². The summed E-state index contributed by atoms with van der Waals surface area (Å²) in [6.45, 7) is 7.02. The number of nitrogens with two attached hydrogens (primary N) is 1. The average Bonchev–Trinajstić information content (AvgIpc) is 2.62. The lowest BCUT2D eigenvalue weighted by atomic mass is 10.1. The van der Waals surface area contributed by atoms with Crippen molar-refractivity contribution < 1.29 is 9.53 Å². The van der Waals surface area contributed by atoms with Crippen molar-refractivity contribution in [3.63, 3.8) is 0 Å². The van der Waals surface area contributed by atoms with Crippen LogP contribution in [0.2, 0.25) is 0 Å². The molecule has 19 heavy (non-hydrogen) atoms. The first-order valence-electron chi connectivity index (χ1n) is 6.69. The van der Waals surface area contributed by atoms with Crippen LogP contribution in [-0.2, 0) is 16.6 Å². The maximum Gasteiger partial charge on any atom is 0.305 e. The number of carbonyl (C=O) groups is 1. The summed E-state index contributed by atoms with van der Waals surface area (Å²) in [5.41, 5.74) is 7.64. The fraction of sp³-hybridized carbons (Fsp3) is 0.692. The van der Waals surface area contributed by atoms with Gasteiger partial charge < -0.3 is 15.8 Å². The normalized spacial score (nSPS) is 10.8. The highest BCUT2D eigenvalue weighted by atomic mass is 16.5. The van der Waals surface area contributed by atoms with Gasteiger partial charge in [-0.3, -0.25) is 9.48 Å². The third kappa shape index (κ3) is 4.15. The molecule has 0 atom stereocenters. The van der Waals surface area contributed by atoms with Gasteiger partial charge in [0, 0.05) is 20.0 Å². The monoisotopic (exact) mass is 268 g/mol. The van der Waals surface area contributed by atoms with Crippen LogP contribution in [0, 0.1) is 0 Å². The molecule has 108 valence electrons. The number of nitrogens with one attached hydrogen (secondary N) is 1. The van der Waals surface area contributed by atoms with E-state index in [1.54, 1.807) is 11.6 Å². The third-order valence-electron chi connectivity index (χ3n) is 2.81. The number of hydrogen-bond acceptors (Lipinski definition) is 5. The molecular weight excluding hydrogens is 244 g/mol. The molecule has 6 heteroatoms. The molecule has 0 aliphatic heterocycles. The molecule has 6 nitrogen and oxygen atoms in total. The van der Waals surface area contributed by atoms with Crippen LogP contribution in [0.4, 0.5) is 11.5 Å². The number of hydrogen-bond donors (Lipinski definition) is 2. The zero-order valence-corrected chi connectivity index (χ0v) is 12.2.